The topological polar surface area (TPSA) is 54.3 Å². The highest BCUT2D eigenvalue weighted by molar-refractivity contribution is 5.27. The molecule has 3 rings (SSSR count). The van der Waals surface area contributed by atoms with E-state index in [1.807, 2.05) is 30.3 Å². The van der Waals surface area contributed by atoms with Crippen molar-refractivity contribution in [3.63, 3.8) is 0 Å². The predicted molar refractivity (Wildman–Crippen MR) is 75.3 cm³/mol. The summed E-state index contributed by atoms with van der Waals surface area (Å²) in [5.74, 6) is 1.53. The van der Waals surface area contributed by atoms with Gasteiger partial charge in [0.15, 0.2) is 6.61 Å². The Morgan fingerprint density at radius 3 is 2.75 bits per heavy atom. The first-order chi connectivity index (χ1) is 9.86. The van der Waals surface area contributed by atoms with Crippen LogP contribution in [0.4, 0.5) is 0 Å². The van der Waals surface area contributed by atoms with E-state index in [9.17, 15) is 0 Å². The molecule has 4 heteroatoms. The predicted octanol–water partition coefficient (Wildman–Crippen LogP) is 2.25. The molecule has 0 spiro atoms. The normalized spacial score (nSPS) is 25.4. The van der Waals surface area contributed by atoms with Gasteiger partial charge in [0, 0.05) is 19.2 Å². The fourth-order valence-electron chi connectivity index (χ4n) is 2.79. The van der Waals surface area contributed by atoms with Gasteiger partial charge < -0.3 is 14.8 Å². The zero-order chi connectivity index (χ0) is 13.8. The molecule has 0 radical (unpaired) electrons. The average Bonchev–Trinajstić information content (AvgIpc) is 3.23. The van der Waals surface area contributed by atoms with Crippen LogP contribution in [0.2, 0.25) is 0 Å². The summed E-state index contributed by atoms with van der Waals surface area (Å²) in [4.78, 5) is 0. The van der Waals surface area contributed by atoms with Gasteiger partial charge in [-0.3, -0.25) is 0 Å². The number of benzene rings is 1. The molecule has 0 amide bonds. The highest BCUT2D eigenvalue weighted by Gasteiger charge is 2.40. The van der Waals surface area contributed by atoms with Crippen molar-refractivity contribution in [3.8, 4) is 11.8 Å². The van der Waals surface area contributed by atoms with Crippen LogP contribution in [0.5, 0.6) is 5.75 Å². The molecule has 0 aromatic heterocycles. The smallest absolute Gasteiger partial charge is 0.174 e. The molecule has 1 saturated carbocycles. The third kappa shape index (κ3) is 3.30. The lowest BCUT2D eigenvalue weighted by atomic mass is 10.1. The standard InChI is InChI=1S/C16H20N2O2/c17-8-10-19-14-5-1-12(2-6-14)11-18-15-7-9-20-16(15)13-3-4-13/h1-2,5-6,13,15-16,18H,3-4,7,9-11H2. The molecule has 1 aromatic rings. The van der Waals surface area contributed by atoms with Crippen LogP contribution in [0.3, 0.4) is 0 Å². The second kappa shape index (κ2) is 6.25. The first-order valence-electron chi connectivity index (χ1n) is 7.30. The fraction of sp³-hybridized carbons (Fsp3) is 0.562. The maximum atomic E-state index is 8.47. The van der Waals surface area contributed by atoms with Gasteiger partial charge in [0.05, 0.1) is 6.10 Å². The van der Waals surface area contributed by atoms with Gasteiger partial charge in [0.1, 0.15) is 11.8 Å². The minimum atomic E-state index is 0.0973. The van der Waals surface area contributed by atoms with Gasteiger partial charge >= 0.3 is 0 Å². The molecular formula is C16H20N2O2. The van der Waals surface area contributed by atoms with E-state index in [2.05, 4.69) is 5.32 Å². The van der Waals surface area contributed by atoms with Crippen LogP contribution in [0.25, 0.3) is 0 Å². The van der Waals surface area contributed by atoms with E-state index in [4.69, 9.17) is 14.7 Å². The Bertz CT molecular complexity index is 476. The lowest BCUT2D eigenvalue weighted by molar-refractivity contribution is 0.0809. The monoisotopic (exact) mass is 272 g/mol. The lowest BCUT2D eigenvalue weighted by Gasteiger charge is -2.19. The molecule has 1 aromatic carbocycles. The van der Waals surface area contributed by atoms with E-state index >= 15 is 0 Å². The Kier molecular flexibility index (Phi) is 4.19. The third-order valence-electron chi connectivity index (χ3n) is 4.02. The molecule has 4 nitrogen and oxygen atoms in total. The number of nitrogens with one attached hydrogen (secondary N) is 1. The molecule has 20 heavy (non-hydrogen) atoms. The zero-order valence-corrected chi connectivity index (χ0v) is 11.5. The Hall–Kier alpha value is -1.57. The van der Waals surface area contributed by atoms with Crippen molar-refractivity contribution >= 4 is 0 Å². The van der Waals surface area contributed by atoms with Gasteiger partial charge in [-0.2, -0.15) is 5.26 Å². The maximum absolute atomic E-state index is 8.47. The van der Waals surface area contributed by atoms with E-state index in [0.29, 0.717) is 12.1 Å². The van der Waals surface area contributed by atoms with Crippen molar-refractivity contribution < 1.29 is 9.47 Å². The molecule has 2 fully saturated rings. The summed E-state index contributed by atoms with van der Waals surface area (Å²) < 4.78 is 11.1. The molecular weight excluding hydrogens is 252 g/mol. The van der Waals surface area contributed by atoms with Crippen molar-refractivity contribution in [1.82, 2.24) is 5.32 Å². The van der Waals surface area contributed by atoms with E-state index in [-0.39, 0.29) is 6.61 Å². The summed E-state index contributed by atoms with van der Waals surface area (Å²) in [6.07, 6.45) is 4.19. The number of nitriles is 1. The van der Waals surface area contributed by atoms with Crippen molar-refractivity contribution in [1.29, 1.82) is 5.26 Å². The molecule has 0 bridgehead atoms. The molecule has 1 aliphatic heterocycles. The van der Waals surface area contributed by atoms with Crippen molar-refractivity contribution in [2.24, 2.45) is 5.92 Å². The average molecular weight is 272 g/mol. The second-order valence-corrected chi connectivity index (χ2v) is 5.54. The van der Waals surface area contributed by atoms with Crippen LogP contribution in [-0.4, -0.2) is 25.4 Å². The van der Waals surface area contributed by atoms with Gasteiger partial charge in [-0.05, 0) is 42.9 Å². The molecule has 106 valence electrons. The summed E-state index contributed by atoms with van der Waals surface area (Å²) in [6, 6.07) is 10.4. The number of hydrogen-bond donors (Lipinski definition) is 1. The molecule has 1 saturated heterocycles. The number of rotatable bonds is 6. The van der Waals surface area contributed by atoms with E-state index in [0.717, 1.165) is 31.2 Å². The first kappa shape index (κ1) is 13.4. The van der Waals surface area contributed by atoms with E-state index in [1.54, 1.807) is 0 Å². The Morgan fingerprint density at radius 2 is 2.05 bits per heavy atom. The van der Waals surface area contributed by atoms with Gasteiger partial charge in [0.2, 0.25) is 0 Å². The van der Waals surface area contributed by atoms with Crippen molar-refractivity contribution in [2.75, 3.05) is 13.2 Å². The highest BCUT2D eigenvalue weighted by Crippen LogP contribution is 2.38. The fourth-order valence-corrected chi connectivity index (χ4v) is 2.79. The summed E-state index contributed by atoms with van der Waals surface area (Å²) in [6.45, 7) is 1.84. The molecule has 1 N–H and O–H groups in total. The van der Waals surface area contributed by atoms with Crippen molar-refractivity contribution in [2.45, 2.75) is 38.0 Å². The Morgan fingerprint density at radius 1 is 1.25 bits per heavy atom. The summed E-state index contributed by atoms with van der Waals surface area (Å²) >= 11 is 0. The third-order valence-corrected chi connectivity index (χ3v) is 4.02. The van der Waals surface area contributed by atoms with Crippen molar-refractivity contribution in [3.05, 3.63) is 29.8 Å². The second-order valence-electron chi connectivity index (χ2n) is 5.54. The summed E-state index contributed by atoms with van der Waals surface area (Å²) in [5, 5.41) is 12.1. The molecule has 2 aliphatic rings. The van der Waals surface area contributed by atoms with Crippen LogP contribution >= 0.6 is 0 Å². The highest BCUT2D eigenvalue weighted by atomic mass is 16.5. The van der Waals surface area contributed by atoms with Crippen LogP contribution in [0, 0.1) is 17.2 Å². The Balaban J connectivity index is 1.49. The van der Waals surface area contributed by atoms with Gasteiger partial charge in [-0.15, -0.1) is 0 Å². The molecule has 2 atom stereocenters. The minimum absolute atomic E-state index is 0.0973. The van der Waals surface area contributed by atoms with Gasteiger partial charge in [-0.25, -0.2) is 0 Å². The minimum Gasteiger partial charge on any atom is -0.479 e. The molecule has 2 unspecified atom stereocenters. The van der Waals surface area contributed by atoms with Crippen LogP contribution < -0.4 is 10.1 Å². The van der Waals surface area contributed by atoms with E-state index < -0.39 is 0 Å². The SMILES string of the molecule is N#CCOc1ccc(CNC2CCOC2C2CC2)cc1. The molecule has 1 aliphatic carbocycles. The zero-order valence-electron chi connectivity index (χ0n) is 11.5. The summed E-state index contributed by atoms with van der Waals surface area (Å²) in [5.41, 5.74) is 1.23. The number of ether oxygens (including phenoxy) is 2. The van der Waals surface area contributed by atoms with E-state index in [1.165, 1.54) is 18.4 Å². The number of hydrogen-bond acceptors (Lipinski definition) is 4. The maximum Gasteiger partial charge on any atom is 0.174 e. The van der Waals surface area contributed by atoms with Crippen LogP contribution in [-0.2, 0) is 11.3 Å². The van der Waals surface area contributed by atoms with Gasteiger partial charge in [-0.1, -0.05) is 12.1 Å². The lowest BCUT2D eigenvalue weighted by Crippen LogP contribution is -2.37. The first-order valence-corrected chi connectivity index (χ1v) is 7.30. The largest absolute Gasteiger partial charge is 0.479 e. The Labute approximate surface area is 119 Å². The quantitative estimate of drug-likeness (QED) is 0.863. The van der Waals surface area contributed by atoms with Crippen LogP contribution in [0.15, 0.2) is 24.3 Å². The number of nitrogens with zero attached hydrogens (tertiary/aromatic N) is 1. The van der Waals surface area contributed by atoms with Gasteiger partial charge in [0.25, 0.3) is 0 Å². The van der Waals surface area contributed by atoms with Crippen LogP contribution in [0.1, 0.15) is 24.8 Å². The summed E-state index contributed by atoms with van der Waals surface area (Å²) in [7, 11) is 0. The molecule has 1 heterocycles.